The van der Waals surface area contributed by atoms with Crippen molar-refractivity contribution < 1.29 is 9.53 Å². The van der Waals surface area contributed by atoms with Gasteiger partial charge in [-0.2, -0.15) is 0 Å². The standard InChI is InChI=1S/C24H24N4O2S2/c1-16(2)17-9-4-5-10-18(17)25-22(29)15-32-24-27-26-23(21-13-8-14-31-21)28(24)19-11-6-7-12-20(19)30-3/h4-14,16H,15H2,1-3H3,(H,25,29). The number of anilines is 1. The van der Waals surface area contributed by atoms with Gasteiger partial charge in [-0.05, 0) is 41.1 Å². The van der Waals surface area contributed by atoms with E-state index in [1.54, 1.807) is 18.4 Å². The molecule has 2 aromatic heterocycles. The maximum absolute atomic E-state index is 12.8. The van der Waals surface area contributed by atoms with E-state index in [4.69, 9.17) is 4.74 Å². The van der Waals surface area contributed by atoms with Gasteiger partial charge in [-0.1, -0.05) is 62.0 Å². The molecule has 4 rings (SSSR count). The van der Waals surface area contributed by atoms with E-state index in [9.17, 15) is 4.79 Å². The quantitative estimate of drug-likeness (QED) is 0.331. The van der Waals surface area contributed by atoms with Gasteiger partial charge in [0.25, 0.3) is 0 Å². The van der Waals surface area contributed by atoms with Gasteiger partial charge in [-0.25, -0.2) is 0 Å². The number of benzene rings is 2. The first-order valence-corrected chi connectivity index (χ1v) is 12.1. The molecule has 0 atom stereocenters. The first kappa shape index (κ1) is 22.1. The highest BCUT2D eigenvalue weighted by Gasteiger charge is 2.20. The number of carbonyl (C=O) groups excluding carboxylic acids is 1. The average molecular weight is 465 g/mol. The van der Waals surface area contributed by atoms with Gasteiger partial charge >= 0.3 is 0 Å². The van der Waals surface area contributed by atoms with E-state index in [0.717, 1.165) is 27.6 Å². The summed E-state index contributed by atoms with van der Waals surface area (Å²) in [5.41, 5.74) is 2.79. The fraction of sp³-hybridized carbons (Fsp3) is 0.208. The van der Waals surface area contributed by atoms with Crippen molar-refractivity contribution in [3.63, 3.8) is 0 Å². The fourth-order valence-electron chi connectivity index (χ4n) is 3.39. The Balaban J connectivity index is 1.60. The number of methoxy groups -OCH3 is 1. The number of carbonyl (C=O) groups is 1. The lowest BCUT2D eigenvalue weighted by atomic mass is 10.0. The summed E-state index contributed by atoms with van der Waals surface area (Å²) in [5.74, 6) is 1.88. The molecule has 2 heterocycles. The van der Waals surface area contributed by atoms with Crippen molar-refractivity contribution in [1.82, 2.24) is 14.8 Å². The highest BCUT2D eigenvalue weighted by atomic mass is 32.2. The number of aromatic nitrogens is 3. The number of nitrogens with one attached hydrogen (secondary N) is 1. The van der Waals surface area contributed by atoms with Crippen LogP contribution in [0.25, 0.3) is 16.4 Å². The number of ether oxygens (including phenoxy) is 1. The Bertz CT molecular complexity index is 1200. The Morgan fingerprint density at radius 1 is 1.09 bits per heavy atom. The minimum absolute atomic E-state index is 0.0876. The van der Waals surface area contributed by atoms with E-state index in [1.165, 1.54) is 11.8 Å². The molecule has 0 aliphatic heterocycles. The van der Waals surface area contributed by atoms with Crippen LogP contribution in [-0.2, 0) is 4.79 Å². The fourth-order valence-corrected chi connectivity index (χ4v) is 4.83. The summed E-state index contributed by atoms with van der Waals surface area (Å²) >= 11 is 2.94. The Labute approximate surface area is 195 Å². The predicted molar refractivity (Wildman–Crippen MR) is 131 cm³/mol. The third kappa shape index (κ3) is 4.71. The Kier molecular flexibility index (Phi) is 6.92. The van der Waals surface area contributed by atoms with Crippen LogP contribution in [0.3, 0.4) is 0 Å². The second-order valence-corrected chi connectivity index (χ2v) is 9.26. The first-order valence-electron chi connectivity index (χ1n) is 10.2. The minimum atomic E-state index is -0.0876. The van der Waals surface area contributed by atoms with Gasteiger partial charge in [-0.15, -0.1) is 21.5 Å². The summed E-state index contributed by atoms with van der Waals surface area (Å²) in [4.78, 5) is 13.7. The number of thiophene rings is 1. The monoisotopic (exact) mass is 464 g/mol. The van der Waals surface area contributed by atoms with Crippen molar-refractivity contribution in [1.29, 1.82) is 0 Å². The van der Waals surface area contributed by atoms with Gasteiger partial charge in [0.2, 0.25) is 5.91 Å². The molecule has 0 radical (unpaired) electrons. The summed E-state index contributed by atoms with van der Waals surface area (Å²) in [5, 5.41) is 14.5. The maximum atomic E-state index is 12.8. The zero-order valence-corrected chi connectivity index (χ0v) is 19.7. The van der Waals surface area contributed by atoms with Crippen LogP contribution in [0, 0.1) is 0 Å². The van der Waals surface area contributed by atoms with Crippen molar-refractivity contribution in [3.8, 4) is 22.1 Å². The summed E-state index contributed by atoms with van der Waals surface area (Å²) in [6.07, 6.45) is 0. The van der Waals surface area contributed by atoms with Gasteiger partial charge in [0.15, 0.2) is 11.0 Å². The van der Waals surface area contributed by atoms with Gasteiger partial charge in [0.1, 0.15) is 5.75 Å². The molecule has 0 spiro atoms. The van der Waals surface area contributed by atoms with E-state index in [1.807, 2.05) is 70.6 Å². The summed E-state index contributed by atoms with van der Waals surface area (Å²) in [6, 6.07) is 19.6. The molecular formula is C24H24N4O2S2. The van der Waals surface area contributed by atoms with E-state index in [0.29, 0.717) is 16.8 Å². The van der Waals surface area contributed by atoms with E-state index in [2.05, 4.69) is 29.4 Å². The predicted octanol–water partition coefficient (Wildman–Crippen LogP) is 5.86. The third-order valence-corrected chi connectivity index (χ3v) is 6.69. The minimum Gasteiger partial charge on any atom is -0.495 e. The van der Waals surface area contributed by atoms with Crippen LogP contribution in [0.4, 0.5) is 5.69 Å². The first-order chi connectivity index (χ1) is 15.6. The van der Waals surface area contributed by atoms with Crippen LogP contribution in [0.1, 0.15) is 25.3 Å². The SMILES string of the molecule is COc1ccccc1-n1c(SCC(=O)Nc2ccccc2C(C)C)nnc1-c1cccs1. The topological polar surface area (TPSA) is 69.0 Å². The third-order valence-electron chi connectivity index (χ3n) is 4.89. The van der Waals surface area contributed by atoms with Crippen molar-refractivity contribution >= 4 is 34.7 Å². The largest absolute Gasteiger partial charge is 0.495 e. The molecule has 0 unspecified atom stereocenters. The molecule has 0 saturated heterocycles. The van der Waals surface area contributed by atoms with Crippen LogP contribution >= 0.6 is 23.1 Å². The molecule has 1 N–H and O–H groups in total. The summed E-state index contributed by atoms with van der Waals surface area (Å²) < 4.78 is 7.52. The van der Waals surface area contributed by atoms with Crippen LogP contribution in [0.2, 0.25) is 0 Å². The Morgan fingerprint density at radius 3 is 2.62 bits per heavy atom. The van der Waals surface area contributed by atoms with Gasteiger partial charge < -0.3 is 10.1 Å². The number of thioether (sulfide) groups is 1. The van der Waals surface area contributed by atoms with Gasteiger partial charge in [0, 0.05) is 5.69 Å². The van der Waals surface area contributed by atoms with Crippen molar-refractivity contribution in [2.24, 2.45) is 0 Å². The van der Waals surface area contributed by atoms with E-state index in [-0.39, 0.29) is 11.7 Å². The number of amides is 1. The second kappa shape index (κ2) is 10.0. The molecule has 0 saturated carbocycles. The molecule has 0 aliphatic carbocycles. The lowest BCUT2D eigenvalue weighted by Crippen LogP contribution is -2.16. The smallest absolute Gasteiger partial charge is 0.234 e. The van der Waals surface area contributed by atoms with Gasteiger partial charge in [-0.3, -0.25) is 9.36 Å². The van der Waals surface area contributed by atoms with Crippen molar-refractivity contribution in [3.05, 3.63) is 71.6 Å². The molecule has 2 aromatic carbocycles. The van der Waals surface area contributed by atoms with E-state index < -0.39 is 0 Å². The van der Waals surface area contributed by atoms with Crippen molar-refractivity contribution in [2.75, 3.05) is 18.2 Å². The van der Waals surface area contributed by atoms with Crippen LogP contribution in [-0.4, -0.2) is 33.5 Å². The average Bonchev–Trinajstić information content (AvgIpc) is 3.47. The molecule has 32 heavy (non-hydrogen) atoms. The zero-order valence-electron chi connectivity index (χ0n) is 18.1. The summed E-state index contributed by atoms with van der Waals surface area (Å²) in [6.45, 7) is 4.23. The van der Waals surface area contributed by atoms with Crippen molar-refractivity contribution in [2.45, 2.75) is 24.9 Å². The van der Waals surface area contributed by atoms with Crippen LogP contribution in [0.5, 0.6) is 5.75 Å². The molecule has 1 amide bonds. The number of hydrogen-bond donors (Lipinski definition) is 1. The number of para-hydroxylation sites is 3. The number of rotatable bonds is 8. The molecule has 164 valence electrons. The summed E-state index contributed by atoms with van der Waals surface area (Å²) in [7, 11) is 1.64. The molecule has 6 nitrogen and oxygen atoms in total. The number of hydrogen-bond acceptors (Lipinski definition) is 6. The lowest BCUT2D eigenvalue weighted by Gasteiger charge is -2.14. The molecule has 4 aromatic rings. The van der Waals surface area contributed by atoms with Crippen LogP contribution < -0.4 is 10.1 Å². The molecule has 0 bridgehead atoms. The Morgan fingerprint density at radius 2 is 1.88 bits per heavy atom. The molecule has 8 heteroatoms. The van der Waals surface area contributed by atoms with Crippen LogP contribution in [0.15, 0.2) is 71.2 Å². The highest BCUT2D eigenvalue weighted by molar-refractivity contribution is 7.99. The van der Waals surface area contributed by atoms with Gasteiger partial charge in [0.05, 0.1) is 23.4 Å². The molecular weight excluding hydrogens is 440 g/mol. The number of nitrogens with zero attached hydrogens (tertiary/aromatic N) is 3. The Hall–Kier alpha value is -3.10. The van der Waals surface area contributed by atoms with E-state index >= 15 is 0 Å². The zero-order chi connectivity index (χ0) is 22.5. The lowest BCUT2D eigenvalue weighted by molar-refractivity contribution is -0.113. The highest BCUT2D eigenvalue weighted by Crippen LogP contribution is 2.34. The molecule has 0 aliphatic rings. The maximum Gasteiger partial charge on any atom is 0.234 e. The second-order valence-electron chi connectivity index (χ2n) is 7.37. The normalized spacial score (nSPS) is 11.0. The molecule has 0 fully saturated rings.